The molecule has 3 aromatic rings. The second-order valence-electron chi connectivity index (χ2n) is 6.15. The molecule has 4 heterocycles. The van der Waals surface area contributed by atoms with Crippen LogP contribution < -0.4 is 10.2 Å². The lowest BCUT2D eigenvalue weighted by Crippen LogP contribution is -2.50. The first-order chi connectivity index (χ1) is 12.3. The van der Waals surface area contributed by atoms with Crippen molar-refractivity contribution in [3.8, 4) is 11.3 Å². The monoisotopic (exact) mass is 333 g/mol. The van der Waals surface area contributed by atoms with Gasteiger partial charge in [-0.1, -0.05) is 0 Å². The molecule has 0 radical (unpaired) electrons. The van der Waals surface area contributed by atoms with Crippen molar-refractivity contribution in [2.75, 3.05) is 29.9 Å². The van der Waals surface area contributed by atoms with Crippen LogP contribution in [0.3, 0.4) is 0 Å². The molecule has 1 N–H and O–H groups in total. The Kier molecular flexibility index (Phi) is 4.20. The van der Waals surface area contributed by atoms with Gasteiger partial charge in [0, 0.05) is 55.9 Å². The molecule has 0 aliphatic carbocycles. The number of anilines is 2. The van der Waals surface area contributed by atoms with Crippen LogP contribution in [-0.4, -0.2) is 44.8 Å². The third-order valence-corrected chi connectivity index (χ3v) is 4.35. The lowest BCUT2D eigenvalue weighted by Gasteiger charge is -2.40. The van der Waals surface area contributed by atoms with E-state index in [0.717, 1.165) is 48.2 Å². The first kappa shape index (κ1) is 15.4. The van der Waals surface area contributed by atoms with Crippen LogP contribution in [0.4, 0.5) is 11.6 Å². The van der Waals surface area contributed by atoms with Gasteiger partial charge in [-0.2, -0.15) is 0 Å². The Labute approximate surface area is 146 Å². The average molecular weight is 333 g/mol. The summed E-state index contributed by atoms with van der Waals surface area (Å²) in [5, 5.41) is 12.1. The molecule has 0 saturated carbocycles. The summed E-state index contributed by atoms with van der Waals surface area (Å²) in [6.45, 7) is 4.78. The first-order valence-electron chi connectivity index (χ1n) is 8.30. The fourth-order valence-corrected chi connectivity index (χ4v) is 2.88. The van der Waals surface area contributed by atoms with E-state index >= 15 is 0 Å². The lowest BCUT2D eigenvalue weighted by molar-refractivity contribution is 0.425. The largest absolute Gasteiger partial charge is 0.368 e. The Balaban J connectivity index is 1.31. The highest BCUT2D eigenvalue weighted by Gasteiger charge is 2.28. The van der Waals surface area contributed by atoms with Crippen LogP contribution in [0.1, 0.15) is 5.69 Å². The predicted molar refractivity (Wildman–Crippen MR) is 96.2 cm³/mol. The standard InChI is InChI=1S/C18H19N7/c1-13-18(21-9-8-20-13)22-10-14-11-25(12-14)17-3-2-16(23-24-17)15-4-6-19-7-5-15/h2-9,14H,10-12H2,1H3,(H,21,22). The van der Waals surface area contributed by atoms with Crippen molar-refractivity contribution in [2.24, 2.45) is 5.92 Å². The van der Waals surface area contributed by atoms with Crippen molar-refractivity contribution in [3.63, 3.8) is 0 Å². The molecule has 1 aliphatic heterocycles. The predicted octanol–water partition coefficient (Wildman–Crippen LogP) is 2.19. The average Bonchev–Trinajstić information content (AvgIpc) is 2.63. The second kappa shape index (κ2) is 6.80. The number of nitrogens with one attached hydrogen (secondary N) is 1. The van der Waals surface area contributed by atoms with E-state index in [-0.39, 0.29) is 0 Å². The van der Waals surface area contributed by atoms with Crippen molar-refractivity contribution >= 4 is 11.6 Å². The van der Waals surface area contributed by atoms with Crippen molar-refractivity contribution < 1.29 is 0 Å². The summed E-state index contributed by atoms with van der Waals surface area (Å²) in [4.78, 5) is 14.8. The molecule has 1 saturated heterocycles. The van der Waals surface area contributed by atoms with Crippen LogP contribution in [0.2, 0.25) is 0 Å². The van der Waals surface area contributed by atoms with Gasteiger partial charge in [0.1, 0.15) is 5.82 Å². The molecule has 3 aromatic heterocycles. The van der Waals surface area contributed by atoms with Crippen LogP contribution >= 0.6 is 0 Å². The molecule has 0 unspecified atom stereocenters. The molecule has 0 atom stereocenters. The van der Waals surface area contributed by atoms with Gasteiger partial charge < -0.3 is 10.2 Å². The van der Waals surface area contributed by atoms with Gasteiger partial charge in [0.2, 0.25) is 0 Å². The Morgan fingerprint density at radius 1 is 1.00 bits per heavy atom. The number of aryl methyl sites for hydroxylation is 1. The van der Waals surface area contributed by atoms with Gasteiger partial charge >= 0.3 is 0 Å². The smallest absolute Gasteiger partial charge is 0.151 e. The molecule has 7 heteroatoms. The Bertz CT molecular complexity index is 830. The highest BCUT2D eigenvalue weighted by molar-refractivity contribution is 5.59. The van der Waals surface area contributed by atoms with E-state index in [0.29, 0.717) is 5.92 Å². The topological polar surface area (TPSA) is 79.7 Å². The number of hydrogen-bond donors (Lipinski definition) is 1. The zero-order valence-corrected chi connectivity index (χ0v) is 14.0. The van der Waals surface area contributed by atoms with E-state index in [1.165, 1.54) is 0 Å². The molecular weight excluding hydrogens is 314 g/mol. The minimum Gasteiger partial charge on any atom is -0.368 e. The molecule has 7 nitrogen and oxygen atoms in total. The zero-order chi connectivity index (χ0) is 17.1. The first-order valence-corrected chi connectivity index (χ1v) is 8.30. The maximum absolute atomic E-state index is 4.36. The summed E-state index contributed by atoms with van der Waals surface area (Å²) < 4.78 is 0. The molecule has 0 bridgehead atoms. The van der Waals surface area contributed by atoms with E-state index in [2.05, 4.69) is 35.4 Å². The Hall–Kier alpha value is -3.09. The highest BCUT2D eigenvalue weighted by Crippen LogP contribution is 2.24. The normalized spacial score (nSPS) is 14.2. The minimum absolute atomic E-state index is 0.572. The third-order valence-electron chi connectivity index (χ3n) is 4.35. The zero-order valence-electron chi connectivity index (χ0n) is 14.0. The van der Waals surface area contributed by atoms with Gasteiger partial charge in [-0.05, 0) is 31.2 Å². The lowest BCUT2D eigenvalue weighted by atomic mass is 10.0. The van der Waals surface area contributed by atoms with Gasteiger partial charge in [-0.3, -0.25) is 9.97 Å². The van der Waals surface area contributed by atoms with Crippen molar-refractivity contribution in [1.82, 2.24) is 25.1 Å². The van der Waals surface area contributed by atoms with E-state index in [9.17, 15) is 0 Å². The molecular formula is C18H19N7. The van der Waals surface area contributed by atoms with Crippen molar-refractivity contribution in [1.29, 1.82) is 0 Å². The molecule has 1 fully saturated rings. The maximum atomic E-state index is 4.36. The minimum atomic E-state index is 0.572. The Morgan fingerprint density at radius 3 is 2.52 bits per heavy atom. The number of hydrogen-bond acceptors (Lipinski definition) is 7. The van der Waals surface area contributed by atoms with E-state index in [1.807, 2.05) is 31.2 Å². The SMILES string of the molecule is Cc1nccnc1NCC1CN(c2ccc(-c3ccncc3)nn2)C1. The fourth-order valence-electron chi connectivity index (χ4n) is 2.88. The number of nitrogens with zero attached hydrogens (tertiary/aromatic N) is 6. The summed E-state index contributed by atoms with van der Waals surface area (Å²) in [5.74, 6) is 2.36. The molecule has 0 aromatic carbocycles. The number of rotatable bonds is 5. The van der Waals surface area contributed by atoms with Gasteiger partial charge in [0.25, 0.3) is 0 Å². The summed E-state index contributed by atoms with van der Waals surface area (Å²) in [7, 11) is 0. The summed E-state index contributed by atoms with van der Waals surface area (Å²) >= 11 is 0. The van der Waals surface area contributed by atoms with E-state index in [1.54, 1.807) is 24.8 Å². The van der Waals surface area contributed by atoms with E-state index < -0.39 is 0 Å². The second-order valence-corrected chi connectivity index (χ2v) is 6.15. The van der Waals surface area contributed by atoms with Gasteiger partial charge in [-0.25, -0.2) is 4.98 Å². The Morgan fingerprint density at radius 2 is 1.80 bits per heavy atom. The van der Waals surface area contributed by atoms with E-state index in [4.69, 9.17) is 0 Å². The molecule has 0 amide bonds. The van der Waals surface area contributed by atoms with Gasteiger partial charge in [-0.15, -0.1) is 10.2 Å². The van der Waals surface area contributed by atoms with Gasteiger partial charge in [0.15, 0.2) is 5.82 Å². The quantitative estimate of drug-likeness (QED) is 0.766. The van der Waals surface area contributed by atoms with Crippen LogP contribution in [0, 0.1) is 12.8 Å². The third kappa shape index (κ3) is 3.40. The summed E-state index contributed by atoms with van der Waals surface area (Å²) in [5.41, 5.74) is 2.82. The molecule has 0 spiro atoms. The van der Waals surface area contributed by atoms with Crippen LogP contribution in [-0.2, 0) is 0 Å². The van der Waals surface area contributed by atoms with Crippen LogP contribution in [0.15, 0.2) is 49.1 Å². The fraction of sp³-hybridized carbons (Fsp3) is 0.278. The van der Waals surface area contributed by atoms with Crippen molar-refractivity contribution in [2.45, 2.75) is 6.92 Å². The summed E-state index contributed by atoms with van der Waals surface area (Å²) in [6, 6.07) is 7.90. The maximum Gasteiger partial charge on any atom is 0.151 e. The molecule has 1 aliphatic rings. The van der Waals surface area contributed by atoms with Crippen LogP contribution in [0.25, 0.3) is 11.3 Å². The highest BCUT2D eigenvalue weighted by atomic mass is 15.3. The van der Waals surface area contributed by atoms with Gasteiger partial charge in [0.05, 0.1) is 11.4 Å². The summed E-state index contributed by atoms with van der Waals surface area (Å²) in [6.07, 6.45) is 6.94. The van der Waals surface area contributed by atoms with Crippen molar-refractivity contribution in [3.05, 3.63) is 54.7 Å². The molecule has 25 heavy (non-hydrogen) atoms. The van der Waals surface area contributed by atoms with Crippen LogP contribution in [0.5, 0.6) is 0 Å². The number of pyridine rings is 1. The molecule has 126 valence electrons. The molecule has 4 rings (SSSR count). The number of aromatic nitrogens is 5.